The zero-order chi connectivity index (χ0) is 22.4. The molecule has 4 rings (SSSR count). The highest BCUT2D eigenvalue weighted by atomic mass is 32.1. The van der Waals surface area contributed by atoms with Gasteiger partial charge in [-0.3, -0.25) is 4.79 Å². The molecule has 3 heterocycles. The molecule has 0 saturated heterocycles. The van der Waals surface area contributed by atoms with E-state index in [0.29, 0.717) is 17.9 Å². The van der Waals surface area contributed by atoms with Crippen molar-refractivity contribution in [1.82, 2.24) is 15.0 Å². The predicted molar refractivity (Wildman–Crippen MR) is 122 cm³/mol. The van der Waals surface area contributed by atoms with Crippen molar-refractivity contribution in [1.29, 1.82) is 0 Å². The summed E-state index contributed by atoms with van der Waals surface area (Å²) in [5.74, 6) is 2.25. The Bertz CT molecular complexity index is 1050. The molecule has 6 nitrogen and oxygen atoms in total. The number of nitrogens with zero attached hydrogens (tertiary/aromatic N) is 4. The molecule has 0 N–H and O–H groups in total. The molecule has 0 atom stereocenters. The van der Waals surface area contributed by atoms with E-state index < -0.39 is 0 Å². The highest BCUT2D eigenvalue weighted by Gasteiger charge is 2.20. The fourth-order valence-corrected chi connectivity index (χ4v) is 3.68. The summed E-state index contributed by atoms with van der Waals surface area (Å²) in [5, 5.41) is 0. The molecule has 160 valence electrons. The first-order valence-corrected chi connectivity index (χ1v) is 10.6. The molecule has 1 aromatic carbocycles. The Morgan fingerprint density at radius 1 is 1.13 bits per heavy atom. The van der Waals surface area contributed by atoms with Gasteiger partial charge in [0, 0.05) is 49.5 Å². The van der Waals surface area contributed by atoms with Gasteiger partial charge in [0.25, 0.3) is 0 Å². The molecule has 0 amide bonds. The van der Waals surface area contributed by atoms with Gasteiger partial charge in [0.1, 0.15) is 11.6 Å². The van der Waals surface area contributed by atoms with Gasteiger partial charge in [-0.25, -0.2) is 15.0 Å². The molecule has 3 aromatic rings. The lowest BCUT2D eigenvalue weighted by Gasteiger charge is -2.29. The lowest BCUT2D eigenvalue weighted by molar-refractivity contribution is 0.0993. The van der Waals surface area contributed by atoms with E-state index in [1.807, 2.05) is 19.2 Å². The number of carbonyl (C=O) groups is 1. The molecule has 0 saturated carbocycles. The average molecular weight is 435 g/mol. The van der Waals surface area contributed by atoms with Gasteiger partial charge in [0.2, 0.25) is 0 Å². The molecule has 0 radical (unpaired) electrons. The van der Waals surface area contributed by atoms with E-state index in [1.54, 1.807) is 12.3 Å². The highest BCUT2D eigenvalue weighted by Crippen LogP contribution is 2.23. The highest BCUT2D eigenvalue weighted by molar-refractivity contribution is 7.44. The van der Waals surface area contributed by atoms with Crippen molar-refractivity contribution in [3.63, 3.8) is 0 Å². The lowest BCUT2D eigenvalue weighted by Crippen LogP contribution is -2.32. The van der Waals surface area contributed by atoms with E-state index in [2.05, 4.69) is 70.5 Å². The summed E-state index contributed by atoms with van der Waals surface area (Å²) in [6, 6.07) is 12.0. The van der Waals surface area contributed by atoms with E-state index in [-0.39, 0.29) is 5.78 Å². The number of ketones is 1. The van der Waals surface area contributed by atoms with Crippen LogP contribution in [0.4, 0.5) is 5.82 Å². The molecule has 1 aliphatic rings. The number of aromatic nitrogens is 3. The van der Waals surface area contributed by atoms with Crippen LogP contribution in [-0.4, -0.2) is 31.5 Å². The van der Waals surface area contributed by atoms with Crippen LogP contribution in [0.2, 0.25) is 0 Å². The number of benzene rings is 1. The van der Waals surface area contributed by atoms with Crippen LogP contribution in [0.25, 0.3) is 0 Å². The summed E-state index contributed by atoms with van der Waals surface area (Å²) in [7, 11) is 0. The molecule has 31 heavy (non-hydrogen) atoms. The van der Waals surface area contributed by atoms with Gasteiger partial charge >= 0.3 is 0 Å². The van der Waals surface area contributed by atoms with Crippen LogP contribution in [0.3, 0.4) is 0 Å². The van der Waals surface area contributed by atoms with Crippen LogP contribution < -0.4 is 4.90 Å². The van der Waals surface area contributed by atoms with Crippen LogP contribution in [0, 0.1) is 6.92 Å². The maximum absolute atomic E-state index is 12.8. The van der Waals surface area contributed by atoms with Crippen molar-refractivity contribution in [3.8, 4) is 0 Å². The summed E-state index contributed by atoms with van der Waals surface area (Å²) in [4.78, 5) is 28.4. The first-order valence-electron chi connectivity index (χ1n) is 10.3. The number of pyridine rings is 1. The van der Waals surface area contributed by atoms with Crippen molar-refractivity contribution in [3.05, 3.63) is 82.6 Å². The van der Waals surface area contributed by atoms with Crippen LogP contribution >= 0.6 is 0 Å². The second-order valence-electron chi connectivity index (χ2n) is 7.96. The Morgan fingerprint density at radius 3 is 2.58 bits per heavy atom. The molecule has 1 aliphatic heterocycles. The largest absolute Gasteiger partial charge is 0.352 e. The molecule has 0 bridgehead atoms. The van der Waals surface area contributed by atoms with E-state index in [9.17, 15) is 4.79 Å². The molecule has 2 aromatic heterocycles. The summed E-state index contributed by atoms with van der Waals surface area (Å²) in [6.45, 7) is 7.82. The third-order valence-corrected chi connectivity index (χ3v) is 5.46. The fourth-order valence-electron chi connectivity index (χ4n) is 3.68. The van der Waals surface area contributed by atoms with Gasteiger partial charge in [-0.15, -0.1) is 0 Å². The van der Waals surface area contributed by atoms with Crippen LogP contribution in [0.15, 0.2) is 48.8 Å². The van der Waals surface area contributed by atoms with Crippen molar-refractivity contribution in [2.75, 3.05) is 11.4 Å². The van der Waals surface area contributed by atoms with Gasteiger partial charge in [0.05, 0.1) is 5.69 Å². The van der Waals surface area contributed by atoms with E-state index in [0.717, 1.165) is 48.0 Å². The van der Waals surface area contributed by atoms with E-state index in [4.69, 9.17) is 4.21 Å². The number of fused-ring (bicyclic) bond motifs is 1. The van der Waals surface area contributed by atoms with Gasteiger partial charge in [-0.1, -0.05) is 38.1 Å². The second kappa shape index (κ2) is 10.3. The molecular weight excluding hydrogens is 408 g/mol. The van der Waals surface area contributed by atoms with E-state index in [1.165, 1.54) is 5.56 Å². The topological polar surface area (TPSA) is 76.1 Å². The van der Waals surface area contributed by atoms with Crippen molar-refractivity contribution < 1.29 is 9.00 Å². The molecule has 7 heteroatoms. The van der Waals surface area contributed by atoms with Gasteiger partial charge in [-0.2, -0.15) is 4.21 Å². The van der Waals surface area contributed by atoms with Crippen molar-refractivity contribution >= 4 is 24.1 Å². The Kier molecular flexibility index (Phi) is 7.52. The van der Waals surface area contributed by atoms with Gasteiger partial charge < -0.3 is 4.90 Å². The molecule has 0 unspecified atom stereocenters. The number of Topliss-reactive ketones (excluding diaryl/α,β-unsaturated/α-hetero) is 1. The van der Waals surface area contributed by atoms with Gasteiger partial charge in [0.15, 0.2) is 18.3 Å². The minimum Gasteiger partial charge on any atom is -0.352 e. The zero-order valence-electron chi connectivity index (χ0n) is 18.0. The normalized spacial score (nSPS) is 12.7. The average Bonchev–Trinajstić information content (AvgIpc) is 2.80. The first-order chi connectivity index (χ1) is 15.0. The number of anilines is 1. The minimum atomic E-state index is 0.113. The van der Waals surface area contributed by atoms with E-state index >= 15 is 0 Å². The maximum atomic E-state index is 12.8. The Labute approximate surface area is 188 Å². The Hall–Kier alpha value is -3.06. The van der Waals surface area contributed by atoms with Crippen LogP contribution in [0.5, 0.6) is 0 Å². The third kappa shape index (κ3) is 5.55. The van der Waals surface area contributed by atoms with Crippen LogP contribution in [-0.2, 0) is 31.9 Å². The minimum absolute atomic E-state index is 0.113. The standard InChI is InChI=1S/C24H26N4O.OS/c1-16(2)19-6-4-18(5-7-19)12-23(29)20-8-10-25-24(13-20)28-11-9-22-21(15-28)14-26-17(3)27-22;1-2/h4-8,10,13-14,16H,9,11-12,15H2,1-3H3;. The molecule has 0 spiro atoms. The number of carbonyl (C=O) groups excluding carboxylic acids is 1. The Morgan fingerprint density at radius 2 is 1.87 bits per heavy atom. The monoisotopic (exact) mass is 434 g/mol. The number of rotatable bonds is 5. The predicted octanol–water partition coefficient (Wildman–Crippen LogP) is 3.96. The summed E-state index contributed by atoms with van der Waals surface area (Å²) >= 11 is 2.83. The number of hydrogen-bond donors (Lipinski definition) is 0. The lowest BCUT2D eigenvalue weighted by atomic mass is 9.98. The number of aryl methyl sites for hydroxylation is 1. The smallest absolute Gasteiger partial charge is 0.197 e. The molecular formula is C24H26N4O2S. The van der Waals surface area contributed by atoms with Crippen molar-refractivity contribution in [2.45, 2.75) is 46.1 Å². The summed E-state index contributed by atoms with van der Waals surface area (Å²) < 4.78 is 7.83. The quantitative estimate of drug-likeness (QED) is 0.563. The fraction of sp³-hybridized carbons (Fsp3) is 0.333. The van der Waals surface area contributed by atoms with Gasteiger partial charge in [-0.05, 0) is 36.1 Å². The molecule has 0 aliphatic carbocycles. The van der Waals surface area contributed by atoms with Crippen molar-refractivity contribution in [2.24, 2.45) is 0 Å². The second-order valence-corrected chi connectivity index (χ2v) is 7.96. The molecule has 0 fully saturated rings. The summed E-state index contributed by atoms with van der Waals surface area (Å²) in [6.07, 6.45) is 4.89. The number of hydrogen-bond acceptors (Lipinski definition) is 7. The first kappa shape index (κ1) is 22.6. The SMILES string of the molecule is Cc1ncc2c(n1)CCN(c1cc(C(=O)Cc3ccc(C(C)C)cc3)ccn1)C2.O=S. The maximum Gasteiger partial charge on any atom is 0.197 e. The third-order valence-electron chi connectivity index (χ3n) is 5.46. The van der Waals surface area contributed by atoms with Crippen LogP contribution in [0.1, 0.15) is 58.3 Å². The summed E-state index contributed by atoms with van der Waals surface area (Å²) in [5.41, 5.74) is 5.28. The Balaban J connectivity index is 0.00000132. The zero-order valence-corrected chi connectivity index (χ0v) is 18.9.